The lowest BCUT2D eigenvalue weighted by Gasteiger charge is -2.36. The minimum absolute atomic E-state index is 0.604. The summed E-state index contributed by atoms with van der Waals surface area (Å²) in [7, 11) is 2.14. The van der Waals surface area contributed by atoms with Crippen molar-refractivity contribution in [1.29, 1.82) is 0 Å². The number of halogens is 1. The van der Waals surface area contributed by atoms with E-state index >= 15 is 0 Å². The molecular formula is C13H20BrN3. The van der Waals surface area contributed by atoms with Gasteiger partial charge in [0.05, 0.1) is 22.0 Å². The van der Waals surface area contributed by atoms with Gasteiger partial charge in [0.25, 0.3) is 0 Å². The maximum Gasteiger partial charge on any atom is 0.0775 e. The smallest absolute Gasteiger partial charge is 0.0775 e. The van der Waals surface area contributed by atoms with E-state index in [0.717, 1.165) is 21.8 Å². The number of nitrogens with zero attached hydrogens (tertiary/aromatic N) is 2. The SMILES string of the molecule is CC1CCC(N(C)c2c(N)cncc2Br)CC1. The number of nitrogen functional groups attached to an aromatic ring is 1. The lowest BCUT2D eigenvalue weighted by atomic mass is 9.86. The second kappa shape index (κ2) is 5.25. The first-order valence-corrected chi connectivity index (χ1v) is 7.00. The minimum atomic E-state index is 0.604. The molecule has 3 nitrogen and oxygen atoms in total. The lowest BCUT2D eigenvalue weighted by Crippen LogP contribution is -2.35. The molecule has 0 aromatic carbocycles. The van der Waals surface area contributed by atoms with Crippen LogP contribution in [0.3, 0.4) is 0 Å². The largest absolute Gasteiger partial charge is 0.396 e. The van der Waals surface area contributed by atoms with Gasteiger partial charge >= 0.3 is 0 Å². The molecule has 0 aliphatic heterocycles. The Balaban J connectivity index is 2.16. The highest BCUT2D eigenvalue weighted by Crippen LogP contribution is 2.35. The zero-order valence-corrected chi connectivity index (χ0v) is 12.1. The van der Waals surface area contributed by atoms with Crippen molar-refractivity contribution in [2.75, 3.05) is 17.7 Å². The maximum atomic E-state index is 6.02. The summed E-state index contributed by atoms with van der Waals surface area (Å²) < 4.78 is 0.985. The molecule has 17 heavy (non-hydrogen) atoms. The number of anilines is 2. The summed E-state index contributed by atoms with van der Waals surface area (Å²) in [6.07, 6.45) is 8.68. The summed E-state index contributed by atoms with van der Waals surface area (Å²) in [5, 5.41) is 0. The average molecular weight is 298 g/mol. The summed E-state index contributed by atoms with van der Waals surface area (Å²) in [5.74, 6) is 0.873. The van der Waals surface area contributed by atoms with Crippen LogP contribution in [0.2, 0.25) is 0 Å². The van der Waals surface area contributed by atoms with E-state index in [1.807, 2.05) is 6.20 Å². The zero-order valence-electron chi connectivity index (χ0n) is 10.5. The van der Waals surface area contributed by atoms with Gasteiger partial charge in [0.15, 0.2) is 0 Å². The summed E-state index contributed by atoms with van der Waals surface area (Å²) >= 11 is 3.54. The normalized spacial score (nSPS) is 24.6. The number of pyridine rings is 1. The molecule has 0 spiro atoms. The van der Waals surface area contributed by atoms with Crippen molar-refractivity contribution in [3.8, 4) is 0 Å². The van der Waals surface area contributed by atoms with E-state index in [-0.39, 0.29) is 0 Å². The molecule has 1 saturated carbocycles. The van der Waals surface area contributed by atoms with Crippen LogP contribution in [0.4, 0.5) is 11.4 Å². The van der Waals surface area contributed by atoms with Gasteiger partial charge in [0, 0.05) is 19.3 Å². The second-order valence-corrected chi connectivity index (χ2v) is 5.94. The summed E-state index contributed by atoms with van der Waals surface area (Å²) in [6.45, 7) is 2.34. The van der Waals surface area contributed by atoms with Gasteiger partial charge in [-0.2, -0.15) is 0 Å². The van der Waals surface area contributed by atoms with Gasteiger partial charge in [0.2, 0.25) is 0 Å². The van der Waals surface area contributed by atoms with Crippen LogP contribution in [0.5, 0.6) is 0 Å². The van der Waals surface area contributed by atoms with Crippen molar-refractivity contribution in [3.63, 3.8) is 0 Å². The Labute approximate surface area is 112 Å². The van der Waals surface area contributed by atoms with Crippen molar-refractivity contribution in [3.05, 3.63) is 16.9 Å². The summed E-state index contributed by atoms with van der Waals surface area (Å²) in [6, 6.07) is 0.604. The third-order valence-corrected chi connectivity index (χ3v) is 4.37. The fourth-order valence-corrected chi connectivity index (χ4v) is 3.25. The molecule has 94 valence electrons. The van der Waals surface area contributed by atoms with Crippen molar-refractivity contribution >= 4 is 27.3 Å². The Morgan fingerprint density at radius 3 is 2.53 bits per heavy atom. The predicted molar refractivity (Wildman–Crippen MR) is 76.2 cm³/mol. The van der Waals surface area contributed by atoms with Crippen LogP contribution < -0.4 is 10.6 Å². The first-order chi connectivity index (χ1) is 8.09. The van der Waals surface area contributed by atoms with Crippen LogP contribution >= 0.6 is 15.9 Å². The average Bonchev–Trinajstić information content (AvgIpc) is 2.29. The number of hydrogen-bond donors (Lipinski definition) is 1. The van der Waals surface area contributed by atoms with Crippen molar-refractivity contribution < 1.29 is 0 Å². The van der Waals surface area contributed by atoms with Crippen molar-refractivity contribution in [2.24, 2.45) is 5.92 Å². The van der Waals surface area contributed by atoms with Gasteiger partial charge in [-0.3, -0.25) is 4.98 Å². The van der Waals surface area contributed by atoms with E-state index in [9.17, 15) is 0 Å². The van der Waals surface area contributed by atoms with Crippen LogP contribution in [0, 0.1) is 5.92 Å². The number of aromatic nitrogens is 1. The zero-order chi connectivity index (χ0) is 12.4. The molecule has 1 heterocycles. The van der Waals surface area contributed by atoms with E-state index in [0.29, 0.717) is 6.04 Å². The van der Waals surface area contributed by atoms with E-state index in [4.69, 9.17) is 5.73 Å². The van der Waals surface area contributed by atoms with Crippen LogP contribution in [0.15, 0.2) is 16.9 Å². The molecule has 4 heteroatoms. The third kappa shape index (κ3) is 2.73. The van der Waals surface area contributed by atoms with Crippen LogP contribution in [0.1, 0.15) is 32.6 Å². The summed E-state index contributed by atoms with van der Waals surface area (Å²) in [4.78, 5) is 6.40. The van der Waals surface area contributed by atoms with Crippen LogP contribution in [-0.4, -0.2) is 18.1 Å². The van der Waals surface area contributed by atoms with E-state index in [1.54, 1.807) is 6.20 Å². The molecule has 0 saturated heterocycles. The van der Waals surface area contributed by atoms with Gasteiger partial charge in [-0.15, -0.1) is 0 Å². The molecule has 0 bridgehead atoms. The first-order valence-electron chi connectivity index (χ1n) is 6.21. The first kappa shape index (κ1) is 12.7. The molecule has 1 aromatic heterocycles. The highest BCUT2D eigenvalue weighted by molar-refractivity contribution is 9.10. The molecule has 1 aliphatic carbocycles. The molecular weight excluding hydrogens is 278 g/mol. The van der Waals surface area contributed by atoms with Gasteiger partial charge in [0.1, 0.15) is 0 Å². The van der Waals surface area contributed by atoms with Crippen molar-refractivity contribution in [1.82, 2.24) is 4.98 Å². The Bertz CT molecular complexity index is 366. The Morgan fingerprint density at radius 1 is 1.29 bits per heavy atom. The maximum absolute atomic E-state index is 6.02. The van der Waals surface area contributed by atoms with E-state index in [1.165, 1.54) is 25.7 Å². The third-order valence-electron chi connectivity index (χ3n) is 3.79. The highest BCUT2D eigenvalue weighted by atomic mass is 79.9. The fraction of sp³-hybridized carbons (Fsp3) is 0.615. The van der Waals surface area contributed by atoms with Gasteiger partial charge in [-0.1, -0.05) is 6.92 Å². The van der Waals surface area contributed by atoms with E-state index < -0.39 is 0 Å². The molecule has 2 rings (SSSR count). The molecule has 1 aliphatic rings. The fourth-order valence-electron chi connectivity index (χ4n) is 2.63. The molecule has 0 radical (unpaired) electrons. The quantitative estimate of drug-likeness (QED) is 0.909. The highest BCUT2D eigenvalue weighted by Gasteiger charge is 2.24. The van der Waals surface area contributed by atoms with Crippen LogP contribution in [0.25, 0.3) is 0 Å². The monoisotopic (exact) mass is 297 g/mol. The lowest BCUT2D eigenvalue weighted by molar-refractivity contribution is 0.341. The predicted octanol–water partition coefficient (Wildman–Crippen LogP) is 3.44. The minimum Gasteiger partial charge on any atom is -0.396 e. The Kier molecular flexibility index (Phi) is 3.92. The Hall–Kier alpha value is -0.770. The van der Waals surface area contributed by atoms with Crippen molar-refractivity contribution in [2.45, 2.75) is 38.6 Å². The molecule has 0 amide bonds. The van der Waals surface area contributed by atoms with Crippen LogP contribution in [-0.2, 0) is 0 Å². The molecule has 1 aromatic rings. The van der Waals surface area contributed by atoms with Gasteiger partial charge in [-0.25, -0.2) is 0 Å². The van der Waals surface area contributed by atoms with Gasteiger partial charge < -0.3 is 10.6 Å². The summed E-state index contributed by atoms with van der Waals surface area (Å²) in [5.41, 5.74) is 7.86. The number of nitrogens with two attached hydrogens (primary N) is 1. The molecule has 2 N–H and O–H groups in total. The number of rotatable bonds is 2. The second-order valence-electron chi connectivity index (χ2n) is 5.08. The molecule has 0 atom stereocenters. The van der Waals surface area contributed by atoms with E-state index in [2.05, 4.69) is 39.8 Å². The topological polar surface area (TPSA) is 42.1 Å². The standard InChI is InChI=1S/C13H20BrN3/c1-9-3-5-10(6-4-9)17(2)13-11(14)7-16-8-12(13)15/h7-10H,3-6,15H2,1-2H3. The Morgan fingerprint density at radius 2 is 1.94 bits per heavy atom. The number of hydrogen-bond acceptors (Lipinski definition) is 3. The molecule has 0 unspecified atom stereocenters. The molecule has 1 fully saturated rings. The van der Waals surface area contributed by atoms with Gasteiger partial charge in [-0.05, 0) is 47.5 Å².